The van der Waals surface area contributed by atoms with Crippen molar-refractivity contribution in [2.45, 2.75) is 18.9 Å². The summed E-state index contributed by atoms with van der Waals surface area (Å²) < 4.78 is 0.733. The maximum Gasteiger partial charge on any atom is 0.144 e. The quantitative estimate of drug-likeness (QED) is 0.826. The van der Waals surface area contributed by atoms with E-state index in [1.54, 1.807) is 0 Å². The molecule has 0 amide bonds. The van der Waals surface area contributed by atoms with Crippen LogP contribution in [0.3, 0.4) is 0 Å². The van der Waals surface area contributed by atoms with Crippen LogP contribution in [0, 0.1) is 5.92 Å². The zero-order valence-electron chi connectivity index (χ0n) is 8.15. The molecule has 2 nitrogen and oxygen atoms in total. The zero-order valence-corrected chi connectivity index (χ0v) is 9.72. The van der Waals surface area contributed by atoms with Gasteiger partial charge in [-0.25, -0.2) is 0 Å². The van der Waals surface area contributed by atoms with Gasteiger partial charge in [0.25, 0.3) is 0 Å². The normalized spacial score (nSPS) is 24.7. The average Bonchev–Trinajstić information content (AvgIpc) is 2.75. The molecule has 15 heavy (non-hydrogen) atoms. The van der Waals surface area contributed by atoms with E-state index >= 15 is 0 Å². The molecule has 2 atom stereocenters. The van der Waals surface area contributed by atoms with E-state index in [0.29, 0.717) is 6.42 Å². The predicted octanol–water partition coefficient (Wildman–Crippen LogP) is 2.42. The highest BCUT2D eigenvalue weighted by atomic mass is 35.5. The minimum absolute atomic E-state index is 0.00123. The van der Waals surface area contributed by atoms with Crippen molar-refractivity contribution < 1.29 is 4.79 Å². The van der Waals surface area contributed by atoms with E-state index in [1.807, 2.05) is 23.6 Å². The third-order valence-corrected chi connectivity index (χ3v) is 3.67. The first-order valence-corrected chi connectivity index (χ1v) is 6.10. The number of hydrogen-bond donors (Lipinski definition) is 1. The summed E-state index contributed by atoms with van der Waals surface area (Å²) in [6.45, 7) is 0. The monoisotopic (exact) mass is 241 g/mol. The Morgan fingerprint density at radius 1 is 1.60 bits per heavy atom. The highest BCUT2D eigenvalue weighted by Crippen LogP contribution is 2.23. The van der Waals surface area contributed by atoms with E-state index in [0.717, 1.165) is 16.3 Å². The van der Waals surface area contributed by atoms with Gasteiger partial charge in [-0.3, -0.25) is 4.79 Å². The van der Waals surface area contributed by atoms with Crippen molar-refractivity contribution in [2.24, 2.45) is 11.7 Å². The summed E-state index contributed by atoms with van der Waals surface area (Å²) in [7, 11) is 0. The van der Waals surface area contributed by atoms with Crippen molar-refractivity contribution in [3.05, 3.63) is 33.5 Å². The second-order valence-electron chi connectivity index (χ2n) is 3.79. The summed E-state index contributed by atoms with van der Waals surface area (Å²) in [6.07, 6.45) is 5.03. The van der Waals surface area contributed by atoms with Crippen LogP contribution in [0.1, 0.15) is 12.0 Å². The van der Waals surface area contributed by atoms with Crippen molar-refractivity contribution in [2.75, 3.05) is 0 Å². The van der Waals surface area contributed by atoms with Crippen molar-refractivity contribution in [3.8, 4) is 0 Å². The van der Waals surface area contributed by atoms with Gasteiger partial charge in [0.15, 0.2) is 0 Å². The summed E-state index contributed by atoms with van der Waals surface area (Å²) in [5.41, 5.74) is 6.71. The van der Waals surface area contributed by atoms with E-state index in [9.17, 15) is 4.79 Å². The molecule has 0 fully saturated rings. The van der Waals surface area contributed by atoms with Crippen molar-refractivity contribution in [1.82, 2.24) is 0 Å². The first kappa shape index (κ1) is 10.9. The fourth-order valence-electron chi connectivity index (χ4n) is 1.74. The van der Waals surface area contributed by atoms with Gasteiger partial charge in [0, 0.05) is 18.4 Å². The molecule has 0 radical (unpaired) electrons. The lowest BCUT2D eigenvalue weighted by atomic mass is 9.98. The van der Waals surface area contributed by atoms with Gasteiger partial charge in [-0.1, -0.05) is 23.8 Å². The Bertz CT molecular complexity index is 399. The molecule has 0 aromatic carbocycles. The molecule has 1 aromatic rings. The van der Waals surface area contributed by atoms with Crippen LogP contribution in [0.25, 0.3) is 0 Å². The van der Waals surface area contributed by atoms with Crippen LogP contribution in [-0.2, 0) is 11.2 Å². The summed E-state index contributed by atoms with van der Waals surface area (Å²) in [4.78, 5) is 11.8. The molecule has 0 saturated carbocycles. The second kappa shape index (κ2) is 4.47. The molecule has 0 saturated heterocycles. The van der Waals surface area contributed by atoms with Gasteiger partial charge in [-0.15, -0.1) is 11.3 Å². The number of ketones is 1. The molecule has 1 aliphatic carbocycles. The number of carbonyl (C=O) groups excluding carboxylic acids is 1. The number of allylic oxidation sites excluding steroid dienone is 1. The zero-order chi connectivity index (χ0) is 10.8. The number of Topliss-reactive ketones (excluding diaryl/α,β-unsaturated/α-hetero) is 1. The molecule has 1 heterocycles. The highest BCUT2D eigenvalue weighted by Gasteiger charge is 2.22. The lowest BCUT2D eigenvalue weighted by Crippen LogP contribution is -2.20. The number of rotatable bonds is 3. The Kier molecular flexibility index (Phi) is 3.24. The smallest absolute Gasteiger partial charge is 0.144 e. The van der Waals surface area contributed by atoms with Crippen LogP contribution in [0.4, 0.5) is 0 Å². The SMILES string of the molecule is NC1C=CC(C(=O)Cc2csc(Cl)c2)C1. The maximum absolute atomic E-state index is 11.8. The van der Waals surface area contributed by atoms with E-state index in [4.69, 9.17) is 17.3 Å². The largest absolute Gasteiger partial charge is 0.324 e. The Morgan fingerprint density at radius 2 is 2.40 bits per heavy atom. The molecule has 0 spiro atoms. The average molecular weight is 242 g/mol. The molecule has 1 aromatic heterocycles. The van der Waals surface area contributed by atoms with Crippen LogP contribution >= 0.6 is 22.9 Å². The number of carbonyl (C=O) groups is 1. The standard InChI is InChI=1S/C11H12ClNOS/c12-11-4-7(6-15-11)3-10(14)8-1-2-9(13)5-8/h1-2,4,6,8-9H,3,5,13H2. The lowest BCUT2D eigenvalue weighted by molar-refractivity contribution is -0.120. The number of hydrogen-bond acceptors (Lipinski definition) is 3. The number of halogens is 1. The molecule has 4 heteroatoms. The third-order valence-electron chi connectivity index (χ3n) is 2.53. The molecule has 1 aliphatic rings. The van der Waals surface area contributed by atoms with E-state index < -0.39 is 0 Å². The van der Waals surface area contributed by atoms with Crippen molar-refractivity contribution >= 4 is 28.7 Å². The van der Waals surface area contributed by atoms with Crippen LogP contribution in [-0.4, -0.2) is 11.8 Å². The van der Waals surface area contributed by atoms with Gasteiger partial charge >= 0.3 is 0 Å². The topological polar surface area (TPSA) is 43.1 Å². The molecule has 0 aliphatic heterocycles. The molecular weight excluding hydrogens is 230 g/mol. The van der Waals surface area contributed by atoms with Gasteiger partial charge in [0.1, 0.15) is 5.78 Å². The molecule has 2 N–H and O–H groups in total. The predicted molar refractivity (Wildman–Crippen MR) is 63.3 cm³/mol. The van der Waals surface area contributed by atoms with Crippen LogP contribution in [0.15, 0.2) is 23.6 Å². The minimum Gasteiger partial charge on any atom is -0.324 e. The molecule has 2 unspecified atom stereocenters. The lowest BCUT2D eigenvalue weighted by Gasteiger charge is -2.06. The number of thiophene rings is 1. The second-order valence-corrected chi connectivity index (χ2v) is 5.34. The Balaban J connectivity index is 1.96. The fraction of sp³-hybridized carbons (Fsp3) is 0.364. The Morgan fingerprint density at radius 3 is 2.93 bits per heavy atom. The minimum atomic E-state index is -0.00123. The van der Waals surface area contributed by atoms with E-state index in [-0.39, 0.29) is 17.7 Å². The van der Waals surface area contributed by atoms with Gasteiger partial charge < -0.3 is 5.73 Å². The Labute approximate surface area is 97.7 Å². The van der Waals surface area contributed by atoms with Gasteiger partial charge in [-0.05, 0) is 23.4 Å². The number of nitrogens with two attached hydrogens (primary N) is 1. The fourth-order valence-corrected chi connectivity index (χ4v) is 2.65. The molecule has 2 rings (SSSR count). The molecular formula is C11H12ClNOS. The van der Waals surface area contributed by atoms with E-state index in [1.165, 1.54) is 11.3 Å². The molecule has 80 valence electrons. The maximum atomic E-state index is 11.8. The first-order valence-electron chi connectivity index (χ1n) is 4.84. The van der Waals surface area contributed by atoms with E-state index in [2.05, 4.69) is 0 Å². The van der Waals surface area contributed by atoms with Crippen molar-refractivity contribution in [3.63, 3.8) is 0 Å². The Hall–Kier alpha value is -0.640. The summed E-state index contributed by atoms with van der Waals surface area (Å²) >= 11 is 7.26. The van der Waals surface area contributed by atoms with Crippen LogP contribution < -0.4 is 5.73 Å². The van der Waals surface area contributed by atoms with Crippen molar-refractivity contribution in [1.29, 1.82) is 0 Å². The highest BCUT2D eigenvalue weighted by molar-refractivity contribution is 7.14. The van der Waals surface area contributed by atoms with Crippen LogP contribution in [0.5, 0.6) is 0 Å². The summed E-state index contributed by atoms with van der Waals surface area (Å²) in [6, 6.07) is 1.90. The first-order chi connectivity index (χ1) is 7.15. The van der Waals surface area contributed by atoms with Gasteiger partial charge in [0.2, 0.25) is 0 Å². The summed E-state index contributed by atoms with van der Waals surface area (Å²) in [5, 5.41) is 1.93. The summed E-state index contributed by atoms with van der Waals surface area (Å²) in [5.74, 6) is 0.229. The van der Waals surface area contributed by atoms with Gasteiger partial charge in [0.05, 0.1) is 4.34 Å². The van der Waals surface area contributed by atoms with Crippen LogP contribution in [0.2, 0.25) is 4.34 Å². The third kappa shape index (κ3) is 2.68. The van der Waals surface area contributed by atoms with Gasteiger partial charge in [-0.2, -0.15) is 0 Å². The molecule has 0 bridgehead atoms.